The first-order valence-corrected chi connectivity index (χ1v) is 9.69. The summed E-state index contributed by atoms with van der Waals surface area (Å²) in [5.74, 6) is -2.38. The van der Waals surface area contributed by atoms with Crippen molar-refractivity contribution in [2.24, 2.45) is 0 Å². The molecule has 1 unspecified atom stereocenters. The largest absolute Gasteiger partial charge is 0.493 e. The lowest BCUT2D eigenvalue weighted by Crippen LogP contribution is -2.30. The van der Waals surface area contributed by atoms with Gasteiger partial charge in [-0.05, 0) is 42.8 Å². The molecule has 0 aromatic heterocycles. The average molecular weight is 441 g/mol. The smallest absolute Gasteiger partial charge is 0.339 e. The van der Waals surface area contributed by atoms with Crippen molar-refractivity contribution >= 4 is 17.6 Å². The van der Waals surface area contributed by atoms with Gasteiger partial charge >= 0.3 is 5.97 Å². The van der Waals surface area contributed by atoms with E-state index in [4.69, 9.17) is 14.2 Å². The molecule has 0 aliphatic rings. The topological polar surface area (TPSA) is 73.9 Å². The van der Waals surface area contributed by atoms with E-state index < -0.39 is 29.6 Å². The summed E-state index contributed by atoms with van der Waals surface area (Å²) >= 11 is 0. The Hall–Kier alpha value is -3.94. The number of hydrogen-bond donors (Lipinski definition) is 1. The molecule has 6 nitrogen and oxygen atoms in total. The molecule has 0 aliphatic carbocycles. The number of methoxy groups -OCH3 is 1. The summed E-state index contributed by atoms with van der Waals surface area (Å²) < 4.78 is 43.1. The van der Waals surface area contributed by atoms with E-state index in [1.807, 2.05) is 30.3 Å². The quantitative estimate of drug-likeness (QED) is 0.512. The summed E-state index contributed by atoms with van der Waals surface area (Å²) in [6, 6.07) is 16.6. The fraction of sp³-hybridized carbons (Fsp3) is 0.167. The van der Waals surface area contributed by atoms with Crippen LogP contribution in [0.1, 0.15) is 22.8 Å². The summed E-state index contributed by atoms with van der Waals surface area (Å²) in [7, 11) is 1.43. The zero-order chi connectivity index (χ0) is 23.1. The van der Waals surface area contributed by atoms with Crippen molar-refractivity contribution in [3.8, 4) is 11.5 Å². The fourth-order valence-corrected chi connectivity index (χ4v) is 2.76. The third-order valence-corrected chi connectivity index (χ3v) is 4.48. The van der Waals surface area contributed by atoms with Gasteiger partial charge < -0.3 is 19.5 Å². The normalized spacial score (nSPS) is 11.4. The van der Waals surface area contributed by atoms with E-state index >= 15 is 0 Å². The van der Waals surface area contributed by atoms with Gasteiger partial charge in [0.05, 0.1) is 18.4 Å². The predicted octanol–water partition coefficient (Wildman–Crippen LogP) is 4.74. The van der Waals surface area contributed by atoms with Crippen molar-refractivity contribution in [1.82, 2.24) is 0 Å². The maximum absolute atomic E-state index is 13.7. The lowest BCUT2D eigenvalue weighted by molar-refractivity contribution is -0.123. The van der Waals surface area contributed by atoms with Gasteiger partial charge in [0.15, 0.2) is 17.6 Å². The zero-order valence-corrected chi connectivity index (χ0v) is 17.4. The maximum Gasteiger partial charge on any atom is 0.339 e. The fourth-order valence-electron chi connectivity index (χ4n) is 2.76. The second-order valence-corrected chi connectivity index (χ2v) is 6.80. The maximum atomic E-state index is 13.7. The highest BCUT2D eigenvalue weighted by molar-refractivity contribution is 5.97. The number of ether oxygens (including phenoxy) is 3. The van der Waals surface area contributed by atoms with Crippen LogP contribution in [0, 0.1) is 11.6 Å². The number of carbonyl (C=O) groups is 2. The van der Waals surface area contributed by atoms with Gasteiger partial charge in [-0.2, -0.15) is 0 Å². The van der Waals surface area contributed by atoms with Crippen molar-refractivity contribution in [2.45, 2.75) is 19.6 Å². The van der Waals surface area contributed by atoms with Crippen molar-refractivity contribution in [1.29, 1.82) is 0 Å². The Balaban J connectivity index is 1.63. The van der Waals surface area contributed by atoms with Crippen LogP contribution in [-0.2, 0) is 16.1 Å². The van der Waals surface area contributed by atoms with E-state index in [0.717, 1.165) is 23.8 Å². The second kappa shape index (κ2) is 10.4. The number of rotatable bonds is 8. The summed E-state index contributed by atoms with van der Waals surface area (Å²) in [6.45, 7) is 1.63. The molecule has 166 valence electrons. The van der Waals surface area contributed by atoms with Gasteiger partial charge in [0.2, 0.25) is 0 Å². The molecule has 0 aliphatic heterocycles. The molecule has 1 N–H and O–H groups in total. The predicted molar refractivity (Wildman–Crippen MR) is 114 cm³/mol. The number of anilines is 1. The molecule has 1 atom stereocenters. The third kappa shape index (κ3) is 5.81. The Kier molecular flexibility index (Phi) is 7.38. The van der Waals surface area contributed by atoms with Gasteiger partial charge in [-0.1, -0.05) is 30.3 Å². The van der Waals surface area contributed by atoms with Crippen LogP contribution in [-0.4, -0.2) is 25.1 Å². The molecule has 0 radical (unpaired) electrons. The highest BCUT2D eigenvalue weighted by atomic mass is 19.1. The van der Waals surface area contributed by atoms with Crippen molar-refractivity contribution in [2.75, 3.05) is 12.4 Å². The number of halogens is 2. The number of hydrogen-bond acceptors (Lipinski definition) is 5. The molecule has 0 bridgehead atoms. The summed E-state index contributed by atoms with van der Waals surface area (Å²) in [5, 5.41) is 2.20. The molecule has 3 aromatic carbocycles. The molecule has 3 aromatic rings. The Morgan fingerprint density at radius 2 is 1.72 bits per heavy atom. The van der Waals surface area contributed by atoms with Crippen LogP contribution in [0.25, 0.3) is 0 Å². The number of amides is 1. The Labute approximate surface area is 183 Å². The molecular formula is C24H21F2NO5. The lowest BCUT2D eigenvalue weighted by atomic mass is 10.2. The van der Waals surface area contributed by atoms with Gasteiger partial charge in [0, 0.05) is 6.07 Å². The van der Waals surface area contributed by atoms with Crippen LogP contribution >= 0.6 is 0 Å². The molecule has 3 rings (SSSR count). The van der Waals surface area contributed by atoms with Crippen LogP contribution in [0.4, 0.5) is 14.5 Å². The van der Waals surface area contributed by atoms with Crippen molar-refractivity contribution in [3.63, 3.8) is 0 Å². The highest BCUT2D eigenvalue weighted by Crippen LogP contribution is 2.29. The van der Waals surface area contributed by atoms with Gasteiger partial charge in [-0.25, -0.2) is 13.6 Å². The monoisotopic (exact) mass is 441 g/mol. The van der Waals surface area contributed by atoms with Crippen LogP contribution < -0.4 is 14.8 Å². The minimum atomic E-state index is -1.26. The second-order valence-electron chi connectivity index (χ2n) is 6.80. The molecule has 0 saturated carbocycles. The Bertz CT molecular complexity index is 1100. The minimum absolute atomic E-state index is 0.130. The van der Waals surface area contributed by atoms with Gasteiger partial charge in [-0.15, -0.1) is 0 Å². The molecule has 0 spiro atoms. The number of nitrogens with one attached hydrogen (secondary N) is 1. The van der Waals surface area contributed by atoms with Crippen LogP contribution in [0.15, 0.2) is 66.7 Å². The molecular weight excluding hydrogens is 420 g/mol. The van der Waals surface area contributed by atoms with E-state index in [2.05, 4.69) is 5.32 Å². The first-order chi connectivity index (χ1) is 15.4. The molecule has 0 fully saturated rings. The Morgan fingerprint density at radius 1 is 0.969 bits per heavy atom. The average Bonchev–Trinajstić information content (AvgIpc) is 2.80. The van der Waals surface area contributed by atoms with Gasteiger partial charge in [-0.3, -0.25) is 4.79 Å². The first kappa shape index (κ1) is 22.7. The first-order valence-electron chi connectivity index (χ1n) is 9.69. The minimum Gasteiger partial charge on any atom is -0.493 e. The molecule has 0 heterocycles. The van der Waals surface area contributed by atoms with Gasteiger partial charge in [0.1, 0.15) is 18.2 Å². The SMILES string of the molecule is COc1cc(C(=O)OC(C)C(=O)Nc2cc(F)ccc2F)ccc1OCc1ccccc1. The van der Waals surface area contributed by atoms with Crippen molar-refractivity contribution < 1.29 is 32.6 Å². The highest BCUT2D eigenvalue weighted by Gasteiger charge is 2.21. The summed E-state index contributed by atoms with van der Waals surface area (Å²) in [5.41, 5.74) is 0.748. The van der Waals surface area contributed by atoms with Crippen LogP contribution in [0.2, 0.25) is 0 Å². The lowest BCUT2D eigenvalue weighted by Gasteiger charge is -2.15. The van der Waals surface area contributed by atoms with E-state index in [9.17, 15) is 18.4 Å². The van der Waals surface area contributed by atoms with E-state index in [0.29, 0.717) is 18.1 Å². The molecule has 8 heteroatoms. The third-order valence-electron chi connectivity index (χ3n) is 4.48. The standard InChI is InChI=1S/C24H21F2NO5/c1-15(23(28)27-20-13-18(25)9-10-19(20)26)32-24(29)17-8-11-21(22(12-17)30-2)31-14-16-6-4-3-5-7-16/h3-13,15H,14H2,1-2H3,(H,27,28). The molecule has 0 saturated heterocycles. The number of benzene rings is 3. The molecule has 1 amide bonds. The van der Waals surface area contributed by atoms with E-state index in [1.165, 1.54) is 26.2 Å². The van der Waals surface area contributed by atoms with E-state index in [1.54, 1.807) is 6.07 Å². The summed E-state index contributed by atoms with van der Waals surface area (Å²) in [4.78, 5) is 24.7. The van der Waals surface area contributed by atoms with E-state index in [-0.39, 0.29) is 11.3 Å². The number of carbonyl (C=O) groups excluding carboxylic acids is 2. The van der Waals surface area contributed by atoms with Crippen LogP contribution in [0.5, 0.6) is 11.5 Å². The summed E-state index contributed by atoms with van der Waals surface area (Å²) in [6.07, 6.45) is -1.26. The zero-order valence-electron chi connectivity index (χ0n) is 17.4. The Morgan fingerprint density at radius 3 is 2.44 bits per heavy atom. The van der Waals surface area contributed by atoms with Gasteiger partial charge in [0.25, 0.3) is 5.91 Å². The molecule has 32 heavy (non-hydrogen) atoms. The van der Waals surface area contributed by atoms with Crippen molar-refractivity contribution in [3.05, 3.63) is 89.5 Å². The number of esters is 1. The van der Waals surface area contributed by atoms with Crippen LogP contribution in [0.3, 0.4) is 0 Å².